The Morgan fingerprint density at radius 1 is 1.12 bits per heavy atom. The van der Waals surface area contributed by atoms with E-state index in [0.29, 0.717) is 18.3 Å². The lowest BCUT2D eigenvalue weighted by molar-refractivity contribution is 0.0910. The highest BCUT2D eigenvalue weighted by atomic mass is 16.1. The quantitative estimate of drug-likeness (QED) is 0.794. The number of fused-ring (bicyclic) bond motifs is 1. The summed E-state index contributed by atoms with van der Waals surface area (Å²) < 4.78 is 2.05. The van der Waals surface area contributed by atoms with Crippen molar-refractivity contribution in [3.05, 3.63) is 46.8 Å². The molecular weight excluding hydrogens is 296 g/mol. The van der Waals surface area contributed by atoms with Crippen molar-refractivity contribution in [1.82, 2.24) is 9.78 Å². The van der Waals surface area contributed by atoms with Crippen molar-refractivity contribution in [3.63, 3.8) is 0 Å². The molecule has 3 nitrogen and oxygen atoms in total. The number of hydrogen-bond donors (Lipinski definition) is 0. The average molecular weight is 322 g/mol. The van der Waals surface area contributed by atoms with E-state index >= 15 is 0 Å². The van der Waals surface area contributed by atoms with Gasteiger partial charge in [-0.3, -0.25) is 4.79 Å². The molecule has 0 aliphatic heterocycles. The van der Waals surface area contributed by atoms with E-state index in [9.17, 15) is 4.79 Å². The Balaban J connectivity index is 1.84. The molecule has 0 amide bonds. The van der Waals surface area contributed by atoms with E-state index in [1.807, 2.05) is 4.68 Å². The van der Waals surface area contributed by atoms with Gasteiger partial charge in [-0.25, -0.2) is 4.68 Å². The Labute approximate surface area is 144 Å². The van der Waals surface area contributed by atoms with Gasteiger partial charge >= 0.3 is 0 Å². The van der Waals surface area contributed by atoms with Gasteiger partial charge in [0.15, 0.2) is 5.78 Å². The summed E-state index contributed by atoms with van der Waals surface area (Å²) >= 11 is 0. The zero-order valence-electron chi connectivity index (χ0n) is 15.1. The number of Topliss-reactive ketones (excluding diaryl/α,β-unsaturated/α-hetero) is 1. The van der Waals surface area contributed by atoms with E-state index in [0.717, 1.165) is 29.1 Å². The zero-order valence-corrected chi connectivity index (χ0v) is 15.1. The van der Waals surface area contributed by atoms with Crippen LogP contribution in [-0.2, 0) is 6.42 Å². The van der Waals surface area contributed by atoms with Crippen LogP contribution in [0.15, 0.2) is 24.3 Å². The van der Waals surface area contributed by atoms with Gasteiger partial charge in [-0.1, -0.05) is 39.8 Å². The van der Waals surface area contributed by atoms with Gasteiger partial charge in [-0.15, -0.1) is 0 Å². The summed E-state index contributed by atoms with van der Waals surface area (Å²) in [4.78, 5) is 12.8. The van der Waals surface area contributed by atoms with Gasteiger partial charge in [0.05, 0.1) is 22.6 Å². The molecule has 0 atom stereocenters. The van der Waals surface area contributed by atoms with Crippen LogP contribution in [0.4, 0.5) is 0 Å². The van der Waals surface area contributed by atoms with Crippen LogP contribution in [0.1, 0.15) is 86.1 Å². The summed E-state index contributed by atoms with van der Waals surface area (Å²) in [6, 6.07) is 8.65. The Morgan fingerprint density at radius 2 is 1.79 bits per heavy atom. The molecule has 2 aliphatic rings. The molecule has 0 saturated heterocycles. The molecule has 4 rings (SSSR count). The maximum Gasteiger partial charge on any atom is 0.167 e. The summed E-state index contributed by atoms with van der Waals surface area (Å²) in [5.74, 6) is 1.31. The first-order chi connectivity index (χ1) is 11.4. The van der Waals surface area contributed by atoms with Gasteiger partial charge in [0.2, 0.25) is 0 Å². The van der Waals surface area contributed by atoms with E-state index in [1.165, 1.54) is 18.4 Å². The summed E-state index contributed by atoms with van der Waals surface area (Å²) in [5.41, 5.74) is 5.53. The summed E-state index contributed by atoms with van der Waals surface area (Å²) in [7, 11) is 0. The monoisotopic (exact) mass is 322 g/mol. The molecule has 2 aliphatic carbocycles. The fourth-order valence-corrected chi connectivity index (χ4v) is 3.83. The molecule has 3 heteroatoms. The lowest BCUT2D eigenvalue weighted by Gasteiger charge is -2.29. The molecule has 0 bridgehead atoms. The molecule has 0 spiro atoms. The number of carbonyl (C=O) groups excluding carboxylic acids is 1. The Morgan fingerprint density at radius 3 is 2.38 bits per heavy atom. The van der Waals surface area contributed by atoms with Crippen molar-refractivity contribution in [2.75, 3.05) is 0 Å². The molecule has 126 valence electrons. The number of rotatable bonds is 3. The second-order valence-corrected chi connectivity index (χ2v) is 8.58. The largest absolute Gasteiger partial charge is 0.294 e. The van der Waals surface area contributed by atoms with Gasteiger partial charge < -0.3 is 0 Å². The minimum Gasteiger partial charge on any atom is -0.294 e. The molecule has 1 saturated carbocycles. The van der Waals surface area contributed by atoms with Crippen molar-refractivity contribution < 1.29 is 4.79 Å². The van der Waals surface area contributed by atoms with E-state index in [1.54, 1.807) is 0 Å². The lowest BCUT2D eigenvalue weighted by atomic mass is 9.75. The van der Waals surface area contributed by atoms with Gasteiger partial charge in [-0.2, -0.15) is 5.10 Å². The first-order valence-electron chi connectivity index (χ1n) is 9.11. The topological polar surface area (TPSA) is 34.9 Å². The zero-order chi connectivity index (χ0) is 17.1. The molecule has 0 unspecified atom stereocenters. The molecule has 24 heavy (non-hydrogen) atoms. The van der Waals surface area contributed by atoms with Crippen molar-refractivity contribution >= 4 is 5.78 Å². The third kappa shape index (κ3) is 2.60. The van der Waals surface area contributed by atoms with Crippen LogP contribution in [0, 0.1) is 5.41 Å². The van der Waals surface area contributed by atoms with Crippen LogP contribution in [0.5, 0.6) is 0 Å². The Bertz CT molecular complexity index is 792. The van der Waals surface area contributed by atoms with Crippen molar-refractivity contribution in [1.29, 1.82) is 0 Å². The number of benzene rings is 1. The van der Waals surface area contributed by atoms with Crippen LogP contribution in [0.3, 0.4) is 0 Å². The minimum atomic E-state index is 0.0144. The minimum absolute atomic E-state index is 0.0144. The second-order valence-electron chi connectivity index (χ2n) is 8.58. The maximum absolute atomic E-state index is 12.8. The second kappa shape index (κ2) is 5.30. The number of carbonyl (C=O) groups is 1. The molecular formula is C21H26N2O. The molecule has 0 radical (unpaired) electrons. The highest BCUT2D eigenvalue weighted by molar-refractivity contribution is 6.00. The number of ketones is 1. The van der Waals surface area contributed by atoms with E-state index in [4.69, 9.17) is 5.10 Å². The van der Waals surface area contributed by atoms with Crippen LogP contribution in [0.2, 0.25) is 0 Å². The van der Waals surface area contributed by atoms with Gasteiger partial charge in [-0.05, 0) is 48.3 Å². The summed E-state index contributed by atoms with van der Waals surface area (Å²) in [5, 5.41) is 4.91. The standard InChI is InChI=1S/C21H26N2O/c1-13(2)14-7-9-16(10-8-14)23-17-11-21(3,4)12-18(24)19(17)20(22-23)15-5-6-15/h7-10,13,15H,5-6,11-12H2,1-4H3. The first-order valence-corrected chi connectivity index (χ1v) is 9.11. The fourth-order valence-electron chi connectivity index (χ4n) is 3.83. The lowest BCUT2D eigenvalue weighted by Crippen LogP contribution is -2.28. The average Bonchev–Trinajstić information content (AvgIpc) is 3.28. The van der Waals surface area contributed by atoms with Crippen LogP contribution in [0.25, 0.3) is 5.69 Å². The SMILES string of the molecule is CC(C)c1ccc(-n2nc(C3CC3)c3c2CC(C)(C)CC3=O)cc1. The summed E-state index contributed by atoms with van der Waals surface area (Å²) in [6.07, 6.45) is 3.90. The molecule has 2 aromatic rings. The molecule has 1 heterocycles. The van der Waals surface area contributed by atoms with Crippen LogP contribution < -0.4 is 0 Å². The van der Waals surface area contributed by atoms with E-state index in [2.05, 4.69) is 52.0 Å². The third-order valence-electron chi connectivity index (χ3n) is 5.34. The molecule has 1 aromatic carbocycles. The predicted molar refractivity (Wildman–Crippen MR) is 96.1 cm³/mol. The highest BCUT2D eigenvalue weighted by Gasteiger charge is 2.40. The van der Waals surface area contributed by atoms with Crippen molar-refractivity contribution in [3.8, 4) is 5.69 Å². The highest BCUT2D eigenvalue weighted by Crippen LogP contribution is 2.45. The Kier molecular flexibility index (Phi) is 3.45. The predicted octanol–water partition coefficient (Wildman–Crippen LogP) is 5.03. The fraction of sp³-hybridized carbons (Fsp3) is 0.524. The van der Waals surface area contributed by atoms with Crippen molar-refractivity contribution in [2.24, 2.45) is 5.41 Å². The first kappa shape index (κ1) is 15.6. The van der Waals surface area contributed by atoms with Crippen LogP contribution >= 0.6 is 0 Å². The van der Waals surface area contributed by atoms with Gasteiger partial charge in [0.1, 0.15) is 0 Å². The maximum atomic E-state index is 12.8. The number of hydrogen-bond acceptors (Lipinski definition) is 2. The summed E-state index contributed by atoms with van der Waals surface area (Å²) in [6.45, 7) is 8.78. The number of nitrogens with zero attached hydrogens (tertiary/aromatic N) is 2. The smallest absolute Gasteiger partial charge is 0.167 e. The molecule has 0 N–H and O–H groups in total. The van der Waals surface area contributed by atoms with Crippen LogP contribution in [-0.4, -0.2) is 15.6 Å². The van der Waals surface area contributed by atoms with Crippen molar-refractivity contribution in [2.45, 2.75) is 65.2 Å². The molecule has 1 fully saturated rings. The normalized spacial score (nSPS) is 19.6. The van der Waals surface area contributed by atoms with E-state index in [-0.39, 0.29) is 11.2 Å². The van der Waals surface area contributed by atoms with E-state index < -0.39 is 0 Å². The number of aromatic nitrogens is 2. The third-order valence-corrected chi connectivity index (χ3v) is 5.34. The van der Waals surface area contributed by atoms with Gasteiger partial charge in [0, 0.05) is 12.3 Å². The molecule has 1 aromatic heterocycles. The van der Waals surface area contributed by atoms with Gasteiger partial charge in [0.25, 0.3) is 0 Å². The Hall–Kier alpha value is -1.90.